The molecule has 2 nitrogen and oxygen atoms in total. The number of halogens is 3. The van der Waals surface area contributed by atoms with Crippen molar-refractivity contribution in [3.05, 3.63) is 0 Å². The lowest BCUT2D eigenvalue weighted by molar-refractivity contribution is -0.201. The van der Waals surface area contributed by atoms with Gasteiger partial charge in [-0.25, -0.2) is 0 Å². The summed E-state index contributed by atoms with van der Waals surface area (Å²) in [7, 11) is 0. The molecule has 2 aliphatic rings. The Labute approximate surface area is 99.1 Å². The molecule has 1 aliphatic heterocycles. The molecule has 0 aromatic heterocycles. The lowest BCUT2D eigenvalue weighted by atomic mass is 9.68. The molecule has 0 spiro atoms. The van der Waals surface area contributed by atoms with E-state index >= 15 is 0 Å². The van der Waals surface area contributed by atoms with Gasteiger partial charge in [0.2, 0.25) is 0 Å². The molecule has 5 heteroatoms. The first-order chi connectivity index (χ1) is 7.84. The van der Waals surface area contributed by atoms with Crippen LogP contribution in [0.3, 0.4) is 0 Å². The van der Waals surface area contributed by atoms with Crippen LogP contribution >= 0.6 is 0 Å². The summed E-state index contributed by atoms with van der Waals surface area (Å²) >= 11 is 0. The molecule has 0 aromatic rings. The van der Waals surface area contributed by atoms with E-state index in [0.717, 1.165) is 0 Å². The summed E-state index contributed by atoms with van der Waals surface area (Å²) < 4.78 is 43.9. The van der Waals surface area contributed by atoms with Crippen LogP contribution in [0.1, 0.15) is 26.7 Å². The molecule has 0 aromatic carbocycles. The Morgan fingerprint density at radius 3 is 2.41 bits per heavy atom. The van der Waals surface area contributed by atoms with Gasteiger partial charge in [0.05, 0.1) is 18.1 Å². The Balaban J connectivity index is 2.16. The molecular weight excluding hydrogens is 233 g/mol. The fourth-order valence-corrected chi connectivity index (χ4v) is 3.45. The number of ether oxygens (including phenoxy) is 1. The van der Waals surface area contributed by atoms with Crippen LogP contribution in [-0.2, 0) is 4.74 Å². The lowest BCUT2D eigenvalue weighted by Crippen LogP contribution is -2.42. The Kier molecular flexibility index (Phi) is 3.42. The Morgan fingerprint density at radius 2 is 1.88 bits per heavy atom. The SMILES string of the molecule is C[C@H]1[C@H]2[C@@H](CO)C[C@@H](C(F)(F)F)C[C@H]2O[C@H]1C. The summed E-state index contributed by atoms with van der Waals surface area (Å²) in [6, 6.07) is 0. The van der Waals surface area contributed by atoms with Gasteiger partial charge in [-0.2, -0.15) is 13.2 Å². The summed E-state index contributed by atoms with van der Waals surface area (Å²) in [5.41, 5.74) is 0. The Hall–Kier alpha value is -0.290. The van der Waals surface area contributed by atoms with E-state index in [9.17, 15) is 18.3 Å². The summed E-state index contributed by atoms with van der Waals surface area (Å²) in [4.78, 5) is 0. The highest BCUT2D eigenvalue weighted by Crippen LogP contribution is 2.50. The minimum absolute atomic E-state index is 0.00830. The monoisotopic (exact) mass is 252 g/mol. The maximum atomic E-state index is 12.8. The first-order valence-corrected chi connectivity index (χ1v) is 6.17. The van der Waals surface area contributed by atoms with Crippen molar-refractivity contribution in [1.82, 2.24) is 0 Å². The van der Waals surface area contributed by atoms with Crippen molar-refractivity contribution in [3.8, 4) is 0 Å². The van der Waals surface area contributed by atoms with Crippen LogP contribution in [0.4, 0.5) is 13.2 Å². The molecule has 1 heterocycles. The first kappa shape index (κ1) is 13.1. The third kappa shape index (κ3) is 2.32. The number of aliphatic hydroxyl groups is 1. The Morgan fingerprint density at radius 1 is 1.24 bits per heavy atom. The zero-order valence-corrected chi connectivity index (χ0v) is 10.1. The zero-order chi connectivity index (χ0) is 12.8. The highest BCUT2D eigenvalue weighted by atomic mass is 19.4. The number of rotatable bonds is 1. The van der Waals surface area contributed by atoms with E-state index in [2.05, 4.69) is 0 Å². The van der Waals surface area contributed by atoms with Crippen LogP contribution < -0.4 is 0 Å². The van der Waals surface area contributed by atoms with Gasteiger partial charge in [-0.1, -0.05) is 6.92 Å². The minimum Gasteiger partial charge on any atom is -0.396 e. The molecule has 1 saturated carbocycles. The molecule has 100 valence electrons. The largest absolute Gasteiger partial charge is 0.396 e. The fraction of sp³-hybridized carbons (Fsp3) is 1.00. The van der Waals surface area contributed by atoms with Crippen LogP contribution in [-0.4, -0.2) is 30.1 Å². The predicted octanol–water partition coefficient (Wildman–Crippen LogP) is 2.61. The number of aliphatic hydroxyl groups excluding tert-OH is 1. The van der Waals surface area contributed by atoms with Gasteiger partial charge in [-0.05, 0) is 37.5 Å². The molecule has 0 radical (unpaired) electrons. The average molecular weight is 252 g/mol. The summed E-state index contributed by atoms with van der Waals surface area (Å²) in [6.07, 6.45) is -4.42. The smallest absolute Gasteiger partial charge is 0.391 e. The van der Waals surface area contributed by atoms with E-state index in [4.69, 9.17) is 4.74 Å². The van der Waals surface area contributed by atoms with Crippen molar-refractivity contribution in [2.24, 2.45) is 23.7 Å². The normalized spacial score (nSPS) is 46.9. The molecule has 17 heavy (non-hydrogen) atoms. The minimum atomic E-state index is -4.17. The topological polar surface area (TPSA) is 29.5 Å². The molecular formula is C12H19F3O2. The lowest BCUT2D eigenvalue weighted by Gasteiger charge is -2.38. The van der Waals surface area contributed by atoms with E-state index in [0.29, 0.717) is 0 Å². The maximum absolute atomic E-state index is 12.8. The van der Waals surface area contributed by atoms with E-state index in [1.807, 2.05) is 13.8 Å². The van der Waals surface area contributed by atoms with Gasteiger partial charge in [0, 0.05) is 6.61 Å². The molecule has 0 bridgehead atoms. The average Bonchev–Trinajstić information content (AvgIpc) is 2.52. The molecule has 1 saturated heterocycles. The van der Waals surface area contributed by atoms with Gasteiger partial charge in [-0.15, -0.1) is 0 Å². The van der Waals surface area contributed by atoms with Crippen LogP contribution in [0.25, 0.3) is 0 Å². The van der Waals surface area contributed by atoms with Gasteiger partial charge < -0.3 is 9.84 Å². The van der Waals surface area contributed by atoms with Crippen molar-refractivity contribution in [2.45, 2.75) is 45.1 Å². The van der Waals surface area contributed by atoms with Crippen LogP contribution in [0, 0.1) is 23.7 Å². The van der Waals surface area contributed by atoms with Gasteiger partial charge in [0.15, 0.2) is 0 Å². The van der Waals surface area contributed by atoms with Gasteiger partial charge >= 0.3 is 6.18 Å². The predicted molar refractivity (Wildman–Crippen MR) is 56.3 cm³/mol. The highest BCUT2D eigenvalue weighted by Gasteiger charge is 2.53. The number of alkyl halides is 3. The van der Waals surface area contributed by atoms with E-state index in [-0.39, 0.29) is 49.4 Å². The number of hydrogen-bond acceptors (Lipinski definition) is 2. The third-order valence-corrected chi connectivity index (χ3v) is 4.51. The van der Waals surface area contributed by atoms with Crippen molar-refractivity contribution < 1.29 is 23.0 Å². The van der Waals surface area contributed by atoms with E-state index in [1.165, 1.54) is 0 Å². The molecule has 0 amide bonds. The fourth-order valence-electron chi connectivity index (χ4n) is 3.45. The van der Waals surface area contributed by atoms with Gasteiger partial charge in [0.1, 0.15) is 0 Å². The van der Waals surface area contributed by atoms with E-state index in [1.54, 1.807) is 0 Å². The highest BCUT2D eigenvalue weighted by molar-refractivity contribution is 4.96. The van der Waals surface area contributed by atoms with Crippen LogP contribution in [0.5, 0.6) is 0 Å². The zero-order valence-electron chi connectivity index (χ0n) is 10.1. The summed E-state index contributed by atoms with van der Waals surface area (Å²) in [6.45, 7) is 3.74. The van der Waals surface area contributed by atoms with Gasteiger partial charge in [0.25, 0.3) is 0 Å². The number of fused-ring (bicyclic) bond motifs is 1. The van der Waals surface area contributed by atoms with Crippen LogP contribution in [0.2, 0.25) is 0 Å². The quantitative estimate of drug-likeness (QED) is 0.777. The van der Waals surface area contributed by atoms with Crippen molar-refractivity contribution in [1.29, 1.82) is 0 Å². The number of hydrogen-bond donors (Lipinski definition) is 1. The molecule has 1 N–H and O–H groups in total. The summed E-state index contributed by atoms with van der Waals surface area (Å²) in [5.74, 6) is -1.29. The Bertz CT molecular complexity index is 271. The second kappa shape index (κ2) is 4.43. The van der Waals surface area contributed by atoms with Crippen molar-refractivity contribution in [3.63, 3.8) is 0 Å². The second-order valence-electron chi connectivity index (χ2n) is 5.47. The molecule has 1 aliphatic carbocycles. The van der Waals surface area contributed by atoms with Crippen molar-refractivity contribution >= 4 is 0 Å². The first-order valence-electron chi connectivity index (χ1n) is 6.17. The van der Waals surface area contributed by atoms with Crippen LogP contribution in [0.15, 0.2) is 0 Å². The van der Waals surface area contributed by atoms with E-state index < -0.39 is 12.1 Å². The molecule has 0 unspecified atom stereocenters. The molecule has 2 rings (SSSR count). The summed E-state index contributed by atoms with van der Waals surface area (Å²) in [5, 5.41) is 9.30. The maximum Gasteiger partial charge on any atom is 0.391 e. The molecule has 6 atom stereocenters. The second-order valence-corrected chi connectivity index (χ2v) is 5.47. The molecule has 2 fully saturated rings. The third-order valence-electron chi connectivity index (χ3n) is 4.51. The standard InChI is InChI=1S/C12H19F3O2/c1-6-7(2)17-10-4-9(12(13,14)15)3-8(5-16)11(6)10/h6-11,16H,3-5H2,1-2H3/t6-,7+,8-,9-,10-,11+/m1/s1. The van der Waals surface area contributed by atoms with Crippen molar-refractivity contribution in [2.75, 3.05) is 6.61 Å². The van der Waals surface area contributed by atoms with Gasteiger partial charge in [-0.3, -0.25) is 0 Å².